The van der Waals surface area contributed by atoms with Gasteiger partial charge >= 0.3 is 6.21 Å². The summed E-state index contributed by atoms with van der Waals surface area (Å²) >= 11 is 0. The zero-order valence-corrected chi connectivity index (χ0v) is 23.2. The third-order valence-corrected chi connectivity index (χ3v) is 10.6. The molecule has 0 radical (unpaired) electrons. The molecule has 1 unspecified atom stereocenters. The van der Waals surface area contributed by atoms with E-state index in [1.807, 2.05) is 6.07 Å². The summed E-state index contributed by atoms with van der Waals surface area (Å²) in [5.74, 6) is -0.858. The molecular weight excluding hydrogens is 541 g/mol. The number of sulfone groups is 1. The van der Waals surface area contributed by atoms with Gasteiger partial charge in [-0.15, -0.1) is 0 Å². The molecule has 4 rings (SSSR count). The Labute approximate surface area is 231 Å². The van der Waals surface area contributed by atoms with Crippen molar-refractivity contribution < 1.29 is 31.9 Å². The largest absolute Gasteiger partial charge is 0.362 e. The highest BCUT2D eigenvalue weighted by Crippen LogP contribution is 2.49. The van der Waals surface area contributed by atoms with Crippen LogP contribution in [0.2, 0.25) is 0 Å². The standard InChI is InChI=1S/C26H30FN7O5S/c1-25(2,16-39-20(27)14-31-29)40(37,38)26(9-10-26)15-34-11-8-19-21(32-33(3)22(19)24(34)36)23(35)30-13-18-6-4-17(12-28)5-7-18/h4-7,14,20H,8-11,13,15-16H2,1-3H3,(H,30,35). The number of carbonyl (C=O) groups is 2. The van der Waals surface area contributed by atoms with Gasteiger partial charge in [-0.05, 0) is 50.8 Å². The number of nitriles is 1. The fraction of sp³-hybridized carbons (Fsp3) is 0.500. The summed E-state index contributed by atoms with van der Waals surface area (Å²) in [6.07, 6.45) is -0.532. The van der Waals surface area contributed by atoms with Crippen LogP contribution in [0.1, 0.15) is 64.4 Å². The van der Waals surface area contributed by atoms with Gasteiger partial charge in [-0.2, -0.15) is 15.2 Å². The minimum absolute atomic E-state index is 0.0421. The number of hydrogen-bond acceptors (Lipinski definition) is 7. The number of rotatable bonds is 11. The van der Waals surface area contributed by atoms with Crippen molar-refractivity contribution >= 4 is 27.9 Å². The number of ether oxygens (including phenoxy) is 1. The van der Waals surface area contributed by atoms with Crippen LogP contribution in [0.25, 0.3) is 5.53 Å². The number of carbonyl (C=O) groups excluding carboxylic acids is 2. The molecule has 40 heavy (non-hydrogen) atoms. The minimum atomic E-state index is -3.89. The highest BCUT2D eigenvalue weighted by atomic mass is 32.2. The highest BCUT2D eigenvalue weighted by Gasteiger charge is 2.61. The Morgan fingerprint density at radius 2 is 2.05 bits per heavy atom. The lowest BCUT2D eigenvalue weighted by Gasteiger charge is -2.35. The molecule has 14 heteroatoms. The van der Waals surface area contributed by atoms with Gasteiger partial charge in [0.05, 0.1) is 27.7 Å². The van der Waals surface area contributed by atoms with E-state index in [0.717, 1.165) is 5.56 Å². The van der Waals surface area contributed by atoms with Crippen LogP contribution in [0.5, 0.6) is 0 Å². The van der Waals surface area contributed by atoms with Gasteiger partial charge in [-0.25, -0.2) is 12.8 Å². The number of benzene rings is 1. The topological polar surface area (TPSA) is 171 Å². The van der Waals surface area contributed by atoms with Gasteiger partial charge in [0.15, 0.2) is 15.5 Å². The van der Waals surface area contributed by atoms with Crippen LogP contribution in [-0.4, -0.2) is 81.5 Å². The van der Waals surface area contributed by atoms with Crippen molar-refractivity contribution in [3.05, 3.63) is 57.9 Å². The third-order valence-electron chi connectivity index (χ3n) is 7.38. The molecular formula is C26H30FN7O5S. The molecule has 1 aliphatic carbocycles. The van der Waals surface area contributed by atoms with Gasteiger partial charge < -0.3 is 20.5 Å². The van der Waals surface area contributed by atoms with Crippen LogP contribution in [0.3, 0.4) is 0 Å². The summed E-state index contributed by atoms with van der Waals surface area (Å²) in [4.78, 5) is 30.4. The summed E-state index contributed by atoms with van der Waals surface area (Å²) in [5.41, 5.74) is 10.6. The second-order valence-electron chi connectivity index (χ2n) is 10.6. The van der Waals surface area contributed by atoms with Crippen LogP contribution < -0.4 is 5.32 Å². The lowest BCUT2D eigenvalue weighted by Crippen LogP contribution is -2.52. The van der Waals surface area contributed by atoms with Crippen molar-refractivity contribution in [2.45, 2.75) is 55.5 Å². The molecule has 0 saturated heterocycles. The molecule has 1 aromatic carbocycles. The predicted molar refractivity (Wildman–Crippen MR) is 141 cm³/mol. The van der Waals surface area contributed by atoms with Crippen LogP contribution >= 0.6 is 0 Å². The third kappa shape index (κ3) is 5.40. The van der Waals surface area contributed by atoms with Crippen molar-refractivity contribution in [1.82, 2.24) is 20.0 Å². The zero-order chi connectivity index (χ0) is 29.3. The Bertz CT molecular complexity index is 1520. The first kappa shape index (κ1) is 29.1. The maximum Gasteiger partial charge on any atom is 0.318 e. The zero-order valence-electron chi connectivity index (χ0n) is 22.4. The maximum absolute atomic E-state index is 13.6. The van der Waals surface area contributed by atoms with Crippen LogP contribution in [0.4, 0.5) is 4.39 Å². The Balaban J connectivity index is 1.46. The molecule has 2 aromatic rings. The molecule has 12 nitrogen and oxygen atoms in total. The van der Waals surface area contributed by atoms with E-state index in [2.05, 4.69) is 15.2 Å². The molecule has 1 fully saturated rings. The Morgan fingerprint density at radius 1 is 1.38 bits per heavy atom. The van der Waals surface area contributed by atoms with E-state index in [1.54, 1.807) is 31.3 Å². The second kappa shape index (κ2) is 10.9. The Kier molecular flexibility index (Phi) is 7.94. The van der Waals surface area contributed by atoms with Gasteiger partial charge in [-0.1, -0.05) is 12.1 Å². The van der Waals surface area contributed by atoms with Crippen molar-refractivity contribution in [2.24, 2.45) is 7.05 Å². The van der Waals surface area contributed by atoms with Crippen molar-refractivity contribution in [2.75, 3.05) is 19.7 Å². The molecule has 0 spiro atoms. The molecule has 1 atom stereocenters. The number of aromatic nitrogens is 2. The molecule has 0 bridgehead atoms. The molecule has 2 amide bonds. The number of nitrogens with zero attached hydrogens (tertiary/aromatic N) is 6. The van der Waals surface area contributed by atoms with E-state index in [4.69, 9.17) is 15.5 Å². The number of alkyl halides is 1. The van der Waals surface area contributed by atoms with Gasteiger partial charge in [0.2, 0.25) is 0 Å². The number of aryl methyl sites for hydroxylation is 1. The number of amides is 2. The SMILES string of the molecule is Cn1nc(C(=O)NCc2ccc(C#N)cc2)c2c1C(=O)N(CC1(S(=O)(=O)C(C)(C)COC(F)C=[N+]=[N-])CC1)CC2. The molecule has 1 N–H and O–H groups in total. The lowest BCUT2D eigenvalue weighted by atomic mass is 10.0. The van der Waals surface area contributed by atoms with E-state index in [9.17, 15) is 22.4 Å². The van der Waals surface area contributed by atoms with Gasteiger partial charge in [0, 0.05) is 32.2 Å². The molecule has 1 aliphatic heterocycles. The highest BCUT2D eigenvalue weighted by molar-refractivity contribution is 7.94. The molecule has 2 aliphatic rings. The number of halogens is 1. The maximum atomic E-state index is 13.6. The summed E-state index contributed by atoms with van der Waals surface area (Å²) in [6, 6.07) is 8.82. The first-order valence-electron chi connectivity index (χ1n) is 12.7. The van der Waals surface area contributed by atoms with Crippen molar-refractivity contribution in [3.8, 4) is 6.07 Å². The molecule has 1 saturated carbocycles. The molecule has 1 aromatic heterocycles. The van der Waals surface area contributed by atoms with E-state index >= 15 is 0 Å². The average molecular weight is 572 g/mol. The summed E-state index contributed by atoms with van der Waals surface area (Å²) < 4.78 is 44.5. The smallest absolute Gasteiger partial charge is 0.318 e. The van der Waals surface area contributed by atoms with Gasteiger partial charge in [0.1, 0.15) is 5.69 Å². The minimum Gasteiger partial charge on any atom is -0.362 e. The fourth-order valence-corrected chi connectivity index (χ4v) is 7.27. The van der Waals surface area contributed by atoms with Crippen molar-refractivity contribution in [3.63, 3.8) is 0 Å². The number of nitrogens with one attached hydrogen (secondary N) is 1. The second-order valence-corrected chi connectivity index (χ2v) is 13.6. The number of hydrogen-bond donors (Lipinski definition) is 1. The van der Waals surface area contributed by atoms with Gasteiger partial charge in [0.25, 0.3) is 18.2 Å². The van der Waals surface area contributed by atoms with Crippen LogP contribution in [0.15, 0.2) is 24.3 Å². The summed E-state index contributed by atoms with van der Waals surface area (Å²) in [5, 5.41) is 16.0. The first-order chi connectivity index (χ1) is 18.9. The van der Waals surface area contributed by atoms with Crippen LogP contribution in [0, 0.1) is 11.3 Å². The molecule has 2 heterocycles. The van der Waals surface area contributed by atoms with E-state index < -0.39 is 44.1 Å². The van der Waals surface area contributed by atoms with E-state index in [-0.39, 0.29) is 31.0 Å². The fourth-order valence-electron chi connectivity index (χ4n) is 4.91. The summed E-state index contributed by atoms with van der Waals surface area (Å²) in [6.45, 7) is 2.79. The average Bonchev–Trinajstić information content (AvgIpc) is 3.64. The first-order valence-corrected chi connectivity index (χ1v) is 14.1. The van der Waals surface area contributed by atoms with E-state index in [1.165, 1.54) is 23.4 Å². The summed E-state index contributed by atoms with van der Waals surface area (Å²) in [7, 11) is -2.33. The Morgan fingerprint density at radius 3 is 2.65 bits per heavy atom. The van der Waals surface area contributed by atoms with Crippen LogP contribution in [-0.2, 0) is 34.6 Å². The Hall–Kier alpha value is -3.92. The van der Waals surface area contributed by atoms with E-state index in [0.29, 0.717) is 36.6 Å². The van der Waals surface area contributed by atoms with Crippen molar-refractivity contribution in [1.29, 1.82) is 5.26 Å². The number of fused-ring (bicyclic) bond motifs is 1. The lowest BCUT2D eigenvalue weighted by molar-refractivity contribution is -0.0527. The quantitative estimate of drug-likeness (QED) is 0.242. The normalized spacial score (nSPS) is 16.9. The molecule has 212 valence electrons. The predicted octanol–water partition coefficient (Wildman–Crippen LogP) is 1.56. The monoisotopic (exact) mass is 571 g/mol. The van der Waals surface area contributed by atoms with Gasteiger partial charge in [-0.3, -0.25) is 14.3 Å².